The van der Waals surface area contributed by atoms with Crippen LogP contribution in [0.15, 0.2) is 47.6 Å². The Bertz CT molecular complexity index is 796. The van der Waals surface area contributed by atoms with Crippen molar-refractivity contribution in [1.29, 1.82) is 0 Å². The van der Waals surface area contributed by atoms with E-state index < -0.39 is 17.8 Å². The molecule has 5 nitrogen and oxygen atoms in total. The van der Waals surface area contributed by atoms with Gasteiger partial charge in [0.15, 0.2) is 0 Å². The number of hydrogen-bond donors (Lipinski definition) is 2. The smallest absolute Gasteiger partial charge is 0.268 e. The lowest BCUT2D eigenvalue weighted by atomic mass is 10.1. The molecule has 0 heterocycles. The first kappa shape index (κ1) is 18.7. The molecule has 0 saturated heterocycles. The Balaban J connectivity index is 1.93. The van der Waals surface area contributed by atoms with Crippen molar-refractivity contribution in [2.75, 3.05) is 5.32 Å². The maximum atomic E-state index is 13.8. The highest BCUT2D eigenvalue weighted by Gasteiger charge is 2.16. The molecular formula is C18H19ClFN3O2. The lowest BCUT2D eigenvalue weighted by molar-refractivity contribution is -0.126. The summed E-state index contributed by atoms with van der Waals surface area (Å²) in [5.41, 5.74) is 7.43. The molecule has 0 aromatic heterocycles. The fraction of sp³-hybridized carbons (Fsp3) is 0.222. The maximum Gasteiger partial charge on any atom is 0.268 e. The Kier molecular flexibility index (Phi) is 6.36. The molecule has 1 unspecified atom stereocenters. The first-order chi connectivity index (χ1) is 11.9. The van der Waals surface area contributed by atoms with E-state index in [0.29, 0.717) is 11.4 Å². The lowest BCUT2D eigenvalue weighted by Gasteiger charge is -2.12. The minimum Gasteiger partial charge on any atom is -0.384 e. The summed E-state index contributed by atoms with van der Waals surface area (Å²) in [4.78, 5) is 17.1. The quantitative estimate of drug-likeness (QED) is 0.467. The van der Waals surface area contributed by atoms with E-state index in [0.717, 1.165) is 11.1 Å². The van der Waals surface area contributed by atoms with Crippen LogP contribution >= 0.6 is 11.6 Å². The SMILES string of the molecule is Cc1ccc(NC(=O)C(C)O/N=C(/N)Cc2ccccc2Cl)c(F)c1. The van der Waals surface area contributed by atoms with Crippen LogP contribution in [-0.2, 0) is 16.1 Å². The number of halogens is 2. The van der Waals surface area contributed by atoms with Gasteiger partial charge in [0.1, 0.15) is 11.7 Å². The van der Waals surface area contributed by atoms with Crippen LogP contribution in [0.5, 0.6) is 0 Å². The number of carbonyl (C=O) groups excluding carboxylic acids is 1. The summed E-state index contributed by atoms with van der Waals surface area (Å²) in [6.07, 6.45) is -0.647. The number of nitrogens with two attached hydrogens (primary N) is 1. The van der Waals surface area contributed by atoms with Gasteiger partial charge in [-0.3, -0.25) is 4.79 Å². The third kappa shape index (κ3) is 5.46. The van der Waals surface area contributed by atoms with E-state index in [9.17, 15) is 9.18 Å². The number of nitrogens with one attached hydrogen (secondary N) is 1. The molecular weight excluding hydrogens is 345 g/mol. The van der Waals surface area contributed by atoms with Crippen LogP contribution < -0.4 is 11.1 Å². The molecule has 0 radical (unpaired) electrons. The topological polar surface area (TPSA) is 76.7 Å². The van der Waals surface area contributed by atoms with Crippen LogP contribution in [0.2, 0.25) is 5.02 Å². The molecule has 0 aliphatic heterocycles. The molecule has 0 aliphatic carbocycles. The van der Waals surface area contributed by atoms with E-state index in [4.69, 9.17) is 22.2 Å². The predicted octanol–water partition coefficient (Wildman–Crippen LogP) is 3.65. The van der Waals surface area contributed by atoms with Crippen molar-refractivity contribution in [1.82, 2.24) is 0 Å². The normalized spacial score (nSPS) is 12.6. The first-order valence-electron chi connectivity index (χ1n) is 7.65. The van der Waals surface area contributed by atoms with Gasteiger partial charge in [0.05, 0.1) is 5.69 Å². The fourth-order valence-electron chi connectivity index (χ4n) is 2.02. The van der Waals surface area contributed by atoms with Crippen LogP contribution in [0, 0.1) is 12.7 Å². The average Bonchev–Trinajstić information content (AvgIpc) is 2.57. The molecule has 1 atom stereocenters. The van der Waals surface area contributed by atoms with Gasteiger partial charge in [-0.2, -0.15) is 0 Å². The Morgan fingerprint density at radius 3 is 2.76 bits per heavy atom. The third-order valence-electron chi connectivity index (χ3n) is 3.41. The van der Waals surface area contributed by atoms with Crippen molar-refractivity contribution in [2.24, 2.45) is 10.9 Å². The summed E-state index contributed by atoms with van der Waals surface area (Å²) >= 11 is 6.05. The summed E-state index contributed by atoms with van der Waals surface area (Å²) in [6, 6.07) is 11.7. The van der Waals surface area contributed by atoms with E-state index in [-0.39, 0.29) is 11.5 Å². The first-order valence-corrected chi connectivity index (χ1v) is 8.03. The molecule has 0 fully saturated rings. The van der Waals surface area contributed by atoms with Gasteiger partial charge in [0.2, 0.25) is 6.10 Å². The van der Waals surface area contributed by atoms with Gasteiger partial charge in [0, 0.05) is 11.4 Å². The number of benzene rings is 2. The lowest BCUT2D eigenvalue weighted by Crippen LogP contribution is -2.28. The monoisotopic (exact) mass is 363 g/mol. The highest BCUT2D eigenvalue weighted by atomic mass is 35.5. The van der Waals surface area contributed by atoms with E-state index in [1.807, 2.05) is 18.2 Å². The Morgan fingerprint density at radius 2 is 2.08 bits per heavy atom. The molecule has 3 N–H and O–H groups in total. The highest BCUT2D eigenvalue weighted by molar-refractivity contribution is 6.31. The summed E-state index contributed by atoms with van der Waals surface area (Å²) < 4.78 is 13.8. The zero-order valence-electron chi connectivity index (χ0n) is 13.9. The molecule has 0 saturated carbocycles. The second-order valence-corrected chi connectivity index (χ2v) is 5.98. The number of rotatable bonds is 6. The van der Waals surface area contributed by atoms with Gasteiger partial charge in [-0.1, -0.05) is 41.0 Å². The van der Waals surface area contributed by atoms with E-state index in [1.54, 1.807) is 19.1 Å². The van der Waals surface area contributed by atoms with Crippen molar-refractivity contribution in [3.05, 3.63) is 64.4 Å². The van der Waals surface area contributed by atoms with Crippen molar-refractivity contribution in [2.45, 2.75) is 26.4 Å². The van der Waals surface area contributed by atoms with Gasteiger partial charge < -0.3 is 15.9 Å². The van der Waals surface area contributed by atoms with E-state index in [1.165, 1.54) is 19.1 Å². The van der Waals surface area contributed by atoms with Crippen LogP contribution in [-0.4, -0.2) is 17.8 Å². The van der Waals surface area contributed by atoms with E-state index >= 15 is 0 Å². The molecule has 7 heteroatoms. The summed E-state index contributed by atoms with van der Waals surface area (Å²) in [6.45, 7) is 3.25. The van der Waals surface area contributed by atoms with Crippen molar-refractivity contribution >= 4 is 29.0 Å². The average molecular weight is 364 g/mol. The number of amidine groups is 1. The number of anilines is 1. The molecule has 0 bridgehead atoms. The van der Waals surface area contributed by atoms with Crippen molar-refractivity contribution in [3.8, 4) is 0 Å². The van der Waals surface area contributed by atoms with Crippen LogP contribution in [0.4, 0.5) is 10.1 Å². The molecule has 1 amide bonds. The minimum absolute atomic E-state index is 0.0825. The van der Waals surface area contributed by atoms with Crippen molar-refractivity contribution in [3.63, 3.8) is 0 Å². The van der Waals surface area contributed by atoms with Crippen LogP contribution in [0.3, 0.4) is 0 Å². The summed E-state index contributed by atoms with van der Waals surface area (Å²) in [5, 5.41) is 6.76. The number of carbonyl (C=O) groups is 1. The van der Waals surface area contributed by atoms with Crippen LogP contribution in [0.25, 0.3) is 0 Å². The Morgan fingerprint density at radius 1 is 1.36 bits per heavy atom. The summed E-state index contributed by atoms with van der Waals surface area (Å²) in [7, 11) is 0. The number of hydrogen-bond acceptors (Lipinski definition) is 3. The molecule has 0 spiro atoms. The zero-order valence-corrected chi connectivity index (χ0v) is 14.7. The van der Waals surface area contributed by atoms with Crippen molar-refractivity contribution < 1.29 is 14.0 Å². The minimum atomic E-state index is -0.939. The van der Waals surface area contributed by atoms with E-state index in [2.05, 4.69) is 10.5 Å². The number of amides is 1. The number of oxime groups is 1. The maximum absolute atomic E-state index is 13.8. The fourth-order valence-corrected chi connectivity index (χ4v) is 2.22. The number of aryl methyl sites for hydroxylation is 1. The third-order valence-corrected chi connectivity index (χ3v) is 3.78. The molecule has 25 heavy (non-hydrogen) atoms. The van der Waals surface area contributed by atoms with Gasteiger partial charge in [-0.15, -0.1) is 0 Å². The molecule has 2 rings (SSSR count). The zero-order chi connectivity index (χ0) is 18.4. The van der Waals surface area contributed by atoms with Gasteiger partial charge in [0.25, 0.3) is 5.91 Å². The van der Waals surface area contributed by atoms with Gasteiger partial charge >= 0.3 is 0 Å². The van der Waals surface area contributed by atoms with Gasteiger partial charge in [-0.05, 0) is 43.2 Å². The second-order valence-electron chi connectivity index (χ2n) is 5.57. The predicted molar refractivity (Wildman–Crippen MR) is 97.1 cm³/mol. The molecule has 2 aromatic rings. The van der Waals surface area contributed by atoms with Crippen LogP contribution in [0.1, 0.15) is 18.1 Å². The standard InChI is InChI=1S/C18H19ClFN3O2/c1-11-7-8-16(15(20)9-11)22-18(24)12(2)25-23-17(21)10-13-5-3-4-6-14(13)19/h3-9,12H,10H2,1-2H3,(H2,21,23)(H,22,24). The molecule has 0 aliphatic rings. The second kappa shape index (κ2) is 8.48. The molecule has 132 valence electrons. The Hall–Kier alpha value is -2.60. The highest BCUT2D eigenvalue weighted by Crippen LogP contribution is 2.16. The molecule has 2 aromatic carbocycles. The largest absolute Gasteiger partial charge is 0.384 e. The van der Waals surface area contributed by atoms with Gasteiger partial charge in [-0.25, -0.2) is 4.39 Å². The number of nitrogens with zero attached hydrogens (tertiary/aromatic N) is 1. The Labute approximate surface area is 150 Å². The summed E-state index contributed by atoms with van der Waals surface area (Å²) in [5.74, 6) is -0.867.